The summed E-state index contributed by atoms with van der Waals surface area (Å²) < 4.78 is 10.4. The Balaban J connectivity index is 2.71. The lowest BCUT2D eigenvalue weighted by molar-refractivity contribution is -0.147. The molecular weight excluding hydrogens is 306 g/mol. The molecule has 5 heteroatoms. The Morgan fingerprint density at radius 1 is 1.33 bits per heavy atom. The van der Waals surface area contributed by atoms with E-state index in [2.05, 4.69) is 17.5 Å². The van der Waals surface area contributed by atoms with Crippen LogP contribution in [0.3, 0.4) is 0 Å². The first kappa shape index (κ1) is 20.3. The van der Waals surface area contributed by atoms with Gasteiger partial charge in [0.2, 0.25) is 0 Å². The molecule has 0 aromatic carbocycles. The maximum atomic E-state index is 12.1. The van der Waals surface area contributed by atoms with Crippen LogP contribution in [0, 0.1) is 5.92 Å². The molecule has 1 N–H and O–H groups in total. The lowest BCUT2D eigenvalue weighted by Crippen LogP contribution is -2.41. The zero-order valence-electron chi connectivity index (χ0n) is 15.6. The predicted molar refractivity (Wildman–Crippen MR) is 94.6 cm³/mol. The van der Waals surface area contributed by atoms with Gasteiger partial charge in [0.05, 0.1) is 12.5 Å². The first-order valence-corrected chi connectivity index (χ1v) is 8.72. The third-order valence-corrected chi connectivity index (χ3v) is 3.66. The van der Waals surface area contributed by atoms with Crippen LogP contribution in [-0.2, 0) is 14.3 Å². The standard InChI is InChI=1S/C19H31NO4/c1-6-23-17(21)14(2)12-16(13-15-10-8-7-9-11-15)20-18(22)24-19(3,4)5/h7-8,10,14,16H,6,9,11-13H2,1-5H3,(H,20,22). The van der Waals surface area contributed by atoms with Crippen molar-refractivity contribution in [2.45, 2.75) is 71.9 Å². The fourth-order valence-corrected chi connectivity index (χ4v) is 2.61. The molecule has 0 aliphatic heterocycles. The SMILES string of the molecule is CCOC(=O)C(C)CC(CC1=CC=CCC1)NC(=O)OC(C)(C)C. The van der Waals surface area contributed by atoms with E-state index in [0.717, 1.165) is 12.8 Å². The van der Waals surface area contributed by atoms with Gasteiger partial charge in [0.25, 0.3) is 0 Å². The Morgan fingerprint density at radius 3 is 2.58 bits per heavy atom. The zero-order valence-corrected chi connectivity index (χ0v) is 15.6. The molecule has 2 atom stereocenters. The number of rotatable bonds is 7. The molecule has 1 rings (SSSR count). The van der Waals surface area contributed by atoms with Gasteiger partial charge in [-0.1, -0.05) is 30.7 Å². The first-order valence-electron chi connectivity index (χ1n) is 8.72. The number of alkyl carbamates (subject to hydrolysis) is 1. The highest BCUT2D eigenvalue weighted by Gasteiger charge is 2.24. The second-order valence-electron chi connectivity index (χ2n) is 7.23. The third-order valence-electron chi connectivity index (χ3n) is 3.66. The number of amides is 1. The van der Waals surface area contributed by atoms with Crippen LogP contribution < -0.4 is 5.32 Å². The van der Waals surface area contributed by atoms with Crippen molar-refractivity contribution < 1.29 is 19.1 Å². The van der Waals surface area contributed by atoms with Crippen LogP contribution in [0.2, 0.25) is 0 Å². The van der Waals surface area contributed by atoms with E-state index >= 15 is 0 Å². The Labute approximate surface area is 145 Å². The summed E-state index contributed by atoms with van der Waals surface area (Å²) in [6, 6.07) is -0.156. The van der Waals surface area contributed by atoms with Crippen molar-refractivity contribution in [3.8, 4) is 0 Å². The summed E-state index contributed by atoms with van der Waals surface area (Å²) in [5, 5.41) is 2.91. The topological polar surface area (TPSA) is 64.6 Å². The molecule has 2 unspecified atom stereocenters. The van der Waals surface area contributed by atoms with Crippen molar-refractivity contribution in [1.29, 1.82) is 0 Å². The molecule has 0 spiro atoms. The van der Waals surface area contributed by atoms with Crippen molar-refractivity contribution in [1.82, 2.24) is 5.32 Å². The van der Waals surface area contributed by atoms with Gasteiger partial charge in [0.1, 0.15) is 5.60 Å². The Bertz CT molecular complexity index is 488. The minimum atomic E-state index is -0.547. The maximum Gasteiger partial charge on any atom is 0.407 e. The number of esters is 1. The van der Waals surface area contributed by atoms with E-state index < -0.39 is 11.7 Å². The fourth-order valence-electron chi connectivity index (χ4n) is 2.61. The highest BCUT2D eigenvalue weighted by Crippen LogP contribution is 2.21. The molecule has 5 nitrogen and oxygen atoms in total. The predicted octanol–water partition coefficient (Wildman–Crippen LogP) is 4.14. The average Bonchev–Trinajstić information content (AvgIpc) is 2.46. The zero-order chi connectivity index (χ0) is 18.2. The summed E-state index contributed by atoms with van der Waals surface area (Å²) >= 11 is 0. The molecule has 0 aromatic heterocycles. The van der Waals surface area contributed by atoms with Gasteiger partial charge in [-0.05, 0) is 53.4 Å². The van der Waals surface area contributed by atoms with Crippen molar-refractivity contribution >= 4 is 12.1 Å². The highest BCUT2D eigenvalue weighted by molar-refractivity contribution is 5.72. The molecule has 0 fully saturated rings. The summed E-state index contributed by atoms with van der Waals surface area (Å²) in [7, 11) is 0. The van der Waals surface area contributed by atoms with Gasteiger partial charge in [-0.25, -0.2) is 4.79 Å². The molecule has 24 heavy (non-hydrogen) atoms. The van der Waals surface area contributed by atoms with Crippen LogP contribution in [0.1, 0.15) is 60.3 Å². The molecule has 1 aliphatic carbocycles. The fraction of sp³-hybridized carbons (Fsp3) is 0.684. The van der Waals surface area contributed by atoms with Gasteiger partial charge in [-0.2, -0.15) is 0 Å². The Kier molecular flexibility index (Phi) is 8.02. The molecule has 136 valence electrons. The Hall–Kier alpha value is -1.78. The van der Waals surface area contributed by atoms with Gasteiger partial charge in [-0.3, -0.25) is 4.79 Å². The van der Waals surface area contributed by atoms with Gasteiger partial charge >= 0.3 is 12.1 Å². The number of nitrogens with one attached hydrogen (secondary N) is 1. The summed E-state index contributed by atoms with van der Waals surface area (Å²) in [5.41, 5.74) is 0.725. The molecule has 0 heterocycles. The van der Waals surface area contributed by atoms with E-state index in [0.29, 0.717) is 19.4 Å². The van der Waals surface area contributed by atoms with E-state index in [1.165, 1.54) is 5.57 Å². The van der Waals surface area contributed by atoms with E-state index in [-0.39, 0.29) is 17.9 Å². The smallest absolute Gasteiger partial charge is 0.407 e. The summed E-state index contributed by atoms with van der Waals surface area (Å²) in [4.78, 5) is 24.0. The molecule has 0 aromatic rings. The minimum Gasteiger partial charge on any atom is -0.466 e. The van der Waals surface area contributed by atoms with E-state index in [4.69, 9.17) is 9.47 Å². The van der Waals surface area contributed by atoms with Gasteiger partial charge in [-0.15, -0.1) is 0 Å². The monoisotopic (exact) mass is 337 g/mol. The Morgan fingerprint density at radius 2 is 2.04 bits per heavy atom. The van der Waals surface area contributed by atoms with Crippen molar-refractivity contribution in [2.24, 2.45) is 5.92 Å². The lowest BCUT2D eigenvalue weighted by atomic mass is 9.92. The highest BCUT2D eigenvalue weighted by atomic mass is 16.6. The van der Waals surface area contributed by atoms with Crippen LogP contribution in [0.5, 0.6) is 0 Å². The molecular formula is C19H31NO4. The average molecular weight is 337 g/mol. The molecule has 0 bridgehead atoms. The second-order valence-corrected chi connectivity index (χ2v) is 7.23. The van der Waals surface area contributed by atoms with Crippen LogP contribution in [0.25, 0.3) is 0 Å². The largest absolute Gasteiger partial charge is 0.466 e. The molecule has 0 saturated carbocycles. The number of carbonyl (C=O) groups is 2. The third kappa shape index (κ3) is 8.18. The normalized spacial score (nSPS) is 16.8. The number of hydrogen-bond donors (Lipinski definition) is 1. The number of allylic oxidation sites excluding steroid dienone is 3. The van der Waals surface area contributed by atoms with Crippen LogP contribution in [0.15, 0.2) is 23.8 Å². The molecule has 1 amide bonds. The summed E-state index contributed by atoms with van der Waals surface area (Å²) in [6.07, 6.45) is 9.04. The summed E-state index contributed by atoms with van der Waals surface area (Å²) in [5.74, 6) is -0.504. The molecule has 1 aliphatic rings. The van der Waals surface area contributed by atoms with Gasteiger partial charge in [0.15, 0.2) is 0 Å². The van der Waals surface area contributed by atoms with E-state index in [1.807, 2.05) is 33.8 Å². The number of hydrogen-bond acceptors (Lipinski definition) is 4. The lowest BCUT2D eigenvalue weighted by Gasteiger charge is -2.26. The van der Waals surface area contributed by atoms with Crippen LogP contribution in [-0.4, -0.2) is 30.3 Å². The van der Waals surface area contributed by atoms with E-state index in [1.54, 1.807) is 6.92 Å². The summed E-state index contributed by atoms with van der Waals surface area (Å²) in [6.45, 7) is 9.48. The quantitative estimate of drug-likeness (QED) is 0.709. The second kappa shape index (κ2) is 9.50. The van der Waals surface area contributed by atoms with Gasteiger partial charge < -0.3 is 14.8 Å². The number of ether oxygens (including phenoxy) is 2. The van der Waals surface area contributed by atoms with Crippen LogP contribution >= 0.6 is 0 Å². The molecule has 0 radical (unpaired) electrons. The van der Waals surface area contributed by atoms with Gasteiger partial charge in [0, 0.05) is 6.04 Å². The van der Waals surface area contributed by atoms with Crippen molar-refractivity contribution in [2.75, 3.05) is 6.61 Å². The van der Waals surface area contributed by atoms with Crippen molar-refractivity contribution in [3.05, 3.63) is 23.8 Å². The minimum absolute atomic E-state index is 0.156. The van der Waals surface area contributed by atoms with E-state index in [9.17, 15) is 9.59 Å². The molecule has 0 saturated heterocycles. The van der Waals surface area contributed by atoms with Crippen molar-refractivity contribution in [3.63, 3.8) is 0 Å². The maximum absolute atomic E-state index is 12.1. The number of carbonyl (C=O) groups excluding carboxylic acids is 2. The first-order chi connectivity index (χ1) is 11.2. The van der Waals surface area contributed by atoms with Crippen LogP contribution in [0.4, 0.5) is 4.79 Å².